The molecule has 4 nitrogen and oxygen atoms in total. The molecule has 0 aromatic heterocycles. The van der Waals surface area contributed by atoms with Crippen molar-refractivity contribution in [3.05, 3.63) is 29.8 Å². The normalized spacial score (nSPS) is 19.2. The van der Waals surface area contributed by atoms with Gasteiger partial charge in [-0.25, -0.2) is 0 Å². The Morgan fingerprint density at radius 3 is 2.22 bits per heavy atom. The molecule has 1 saturated carbocycles. The zero-order valence-electron chi connectivity index (χ0n) is 9.77. The average Bonchev–Trinajstić information content (AvgIpc) is 2.93. The molecule has 4 heteroatoms. The number of fused-ring (bicyclic) bond motifs is 2. The second-order valence-corrected chi connectivity index (χ2v) is 5.02. The van der Waals surface area contributed by atoms with E-state index >= 15 is 0 Å². The largest absolute Gasteiger partial charge is 0.454 e. The van der Waals surface area contributed by atoms with E-state index in [2.05, 4.69) is 0 Å². The van der Waals surface area contributed by atoms with Crippen LogP contribution in [0.4, 0.5) is 5.69 Å². The summed E-state index contributed by atoms with van der Waals surface area (Å²) in [6.07, 6.45) is 1.57. The number of nitrogens with two attached hydrogens (primary N) is 1. The van der Waals surface area contributed by atoms with E-state index in [4.69, 9.17) is 15.2 Å². The predicted octanol–water partition coefficient (Wildman–Crippen LogP) is 2.13. The monoisotopic (exact) mass is 243 g/mol. The topological polar surface area (TPSA) is 64.7 Å². The number of hydrogen-bond acceptors (Lipinski definition) is 4. The molecule has 0 bridgehead atoms. The van der Waals surface area contributed by atoms with Crippen LogP contribution in [0.2, 0.25) is 0 Å². The lowest BCUT2D eigenvalue weighted by Crippen LogP contribution is -2.08. The number of ether oxygens (including phenoxy) is 2. The fourth-order valence-electron chi connectivity index (χ4n) is 2.50. The summed E-state index contributed by atoms with van der Waals surface area (Å²) in [6, 6.07) is 7.71. The molecule has 0 amide bonds. The average molecular weight is 243 g/mol. The van der Waals surface area contributed by atoms with Crippen LogP contribution >= 0.6 is 0 Å². The second kappa shape index (κ2) is 3.09. The summed E-state index contributed by atoms with van der Waals surface area (Å²) in [5, 5.41) is 12.2. The number of hydrogen-bond donors (Lipinski definition) is 2. The standard InChI is InChI=1S/C14H13NO3/c15-11-4-9-6-13-12(17-7-18-13)5-8(9)3-10(11)14(16)1-2-14/h3-6,16H,1-2,7,15H2. The zero-order valence-corrected chi connectivity index (χ0v) is 9.77. The highest BCUT2D eigenvalue weighted by molar-refractivity contribution is 5.90. The second-order valence-electron chi connectivity index (χ2n) is 5.02. The van der Waals surface area contributed by atoms with Crippen LogP contribution in [-0.4, -0.2) is 11.9 Å². The van der Waals surface area contributed by atoms with Gasteiger partial charge in [0.05, 0.1) is 5.60 Å². The summed E-state index contributed by atoms with van der Waals surface area (Å²) in [5.41, 5.74) is 6.78. The van der Waals surface area contributed by atoms with Gasteiger partial charge in [-0.05, 0) is 47.9 Å². The van der Waals surface area contributed by atoms with E-state index in [9.17, 15) is 5.11 Å². The van der Waals surface area contributed by atoms with E-state index in [1.807, 2.05) is 24.3 Å². The SMILES string of the molecule is Nc1cc2cc3c(cc2cc1C1(O)CC1)OCO3. The Balaban J connectivity index is 1.97. The van der Waals surface area contributed by atoms with Crippen LogP contribution in [0, 0.1) is 0 Å². The molecule has 1 heterocycles. The molecule has 3 N–H and O–H groups in total. The van der Waals surface area contributed by atoms with Crippen molar-refractivity contribution in [2.75, 3.05) is 12.5 Å². The van der Waals surface area contributed by atoms with Crippen molar-refractivity contribution in [3.63, 3.8) is 0 Å². The first-order valence-electron chi connectivity index (χ1n) is 6.01. The van der Waals surface area contributed by atoms with Crippen molar-refractivity contribution >= 4 is 16.5 Å². The quantitative estimate of drug-likeness (QED) is 0.753. The first-order valence-corrected chi connectivity index (χ1v) is 6.01. The maximum atomic E-state index is 10.2. The number of anilines is 1. The van der Waals surface area contributed by atoms with Crippen LogP contribution in [0.3, 0.4) is 0 Å². The van der Waals surface area contributed by atoms with Gasteiger partial charge < -0.3 is 20.3 Å². The minimum atomic E-state index is -0.714. The van der Waals surface area contributed by atoms with Gasteiger partial charge in [0, 0.05) is 11.3 Å². The van der Waals surface area contributed by atoms with Gasteiger partial charge in [-0.15, -0.1) is 0 Å². The van der Waals surface area contributed by atoms with Gasteiger partial charge in [0.2, 0.25) is 6.79 Å². The van der Waals surface area contributed by atoms with Crippen LogP contribution in [0.1, 0.15) is 18.4 Å². The van der Waals surface area contributed by atoms with Crippen molar-refractivity contribution in [1.29, 1.82) is 0 Å². The van der Waals surface area contributed by atoms with Gasteiger partial charge in [0.1, 0.15) is 0 Å². The molecule has 0 radical (unpaired) electrons. The molecular formula is C14H13NO3. The molecule has 0 saturated heterocycles. The highest BCUT2D eigenvalue weighted by Gasteiger charge is 2.43. The third kappa shape index (κ3) is 1.29. The van der Waals surface area contributed by atoms with E-state index in [1.165, 1.54) is 0 Å². The van der Waals surface area contributed by atoms with Gasteiger partial charge in [-0.2, -0.15) is 0 Å². The summed E-state index contributed by atoms with van der Waals surface area (Å²) in [5.74, 6) is 1.50. The summed E-state index contributed by atoms with van der Waals surface area (Å²) < 4.78 is 10.7. The van der Waals surface area contributed by atoms with Crippen molar-refractivity contribution in [1.82, 2.24) is 0 Å². The molecule has 1 aliphatic carbocycles. The number of rotatable bonds is 1. The number of aliphatic hydroxyl groups is 1. The van der Waals surface area contributed by atoms with Crippen molar-refractivity contribution in [3.8, 4) is 11.5 Å². The third-order valence-electron chi connectivity index (χ3n) is 3.73. The van der Waals surface area contributed by atoms with Gasteiger partial charge in [-0.3, -0.25) is 0 Å². The minimum Gasteiger partial charge on any atom is -0.454 e. The highest BCUT2D eigenvalue weighted by atomic mass is 16.7. The molecular weight excluding hydrogens is 230 g/mol. The molecule has 4 rings (SSSR count). The Morgan fingerprint density at radius 1 is 1.00 bits per heavy atom. The first-order chi connectivity index (χ1) is 8.66. The zero-order chi connectivity index (χ0) is 12.3. The van der Waals surface area contributed by atoms with Crippen LogP contribution in [0.25, 0.3) is 10.8 Å². The Bertz CT molecular complexity index is 662. The van der Waals surface area contributed by atoms with Crippen LogP contribution in [0.15, 0.2) is 24.3 Å². The Kier molecular flexibility index (Phi) is 1.72. The number of nitrogen functional groups attached to an aromatic ring is 1. The molecule has 2 aromatic rings. The van der Waals surface area contributed by atoms with Crippen LogP contribution in [0.5, 0.6) is 11.5 Å². The van der Waals surface area contributed by atoms with Crippen LogP contribution < -0.4 is 15.2 Å². The van der Waals surface area contributed by atoms with E-state index in [0.29, 0.717) is 5.69 Å². The third-order valence-corrected chi connectivity index (χ3v) is 3.73. The fourth-order valence-corrected chi connectivity index (χ4v) is 2.50. The Morgan fingerprint density at radius 2 is 1.61 bits per heavy atom. The lowest BCUT2D eigenvalue weighted by atomic mass is 9.99. The molecule has 0 spiro atoms. The molecule has 18 heavy (non-hydrogen) atoms. The lowest BCUT2D eigenvalue weighted by molar-refractivity contribution is 0.152. The van der Waals surface area contributed by atoms with Crippen molar-refractivity contribution in [2.24, 2.45) is 0 Å². The molecule has 2 aliphatic rings. The number of benzene rings is 2. The van der Waals surface area contributed by atoms with E-state index in [0.717, 1.165) is 40.7 Å². The maximum absolute atomic E-state index is 10.2. The highest BCUT2D eigenvalue weighted by Crippen LogP contribution is 2.49. The lowest BCUT2D eigenvalue weighted by Gasteiger charge is -2.13. The Labute approximate surface area is 104 Å². The summed E-state index contributed by atoms with van der Waals surface area (Å²) in [4.78, 5) is 0. The minimum absolute atomic E-state index is 0.262. The fraction of sp³-hybridized carbons (Fsp3) is 0.286. The van der Waals surface area contributed by atoms with E-state index in [1.54, 1.807) is 0 Å². The van der Waals surface area contributed by atoms with Gasteiger partial charge in [0.25, 0.3) is 0 Å². The van der Waals surface area contributed by atoms with Crippen molar-refractivity contribution < 1.29 is 14.6 Å². The van der Waals surface area contributed by atoms with E-state index < -0.39 is 5.60 Å². The molecule has 1 aliphatic heterocycles. The summed E-state index contributed by atoms with van der Waals surface area (Å²) in [7, 11) is 0. The van der Waals surface area contributed by atoms with Crippen LogP contribution in [-0.2, 0) is 5.60 Å². The van der Waals surface area contributed by atoms with E-state index in [-0.39, 0.29) is 6.79 Å². The predicted molar refractivity (Wildman–Crippen MR) is 67.6 cm³/mol. The summed E-state index contributed by atoms with van der Waals surface area (Å²) in [6.45, 7) is 0.262. The molecule has 92 valence electrons. The van der Waals surface area contributed by atoms with Gasteiger partial charge in [-0.1, -0.05) is 0 Å². The first kappa shape index (κ1) is 10.0. The molecule has 1 fully saturated rings. The summed E-state index contributed by atoms with van der Waals surface area (Å²) >= 11 is 0. The molecule has 2 aromatic carbocycles. The maximum Gasteiger partial charge on any atom is 0.231 e. The smallest absolute Gasteiger partial charge is 0.231 e. The molecule has 0 atom stereocenters. The van der Waals surface area contributed by atoms with Crippen molar-refractivity contribution in [2.45, 2.75) is 18.4 Å². The molecule has 0 unspecified atom stereocenters. The Hall–Kier alpha value is -1.94. The van der Waals surface area contributed by atoms with Gasteiger partial charge >= 0.3 is 0 Å². The van der Waals surface area contributed by atoms with Gasteiger partial charge in [0.15, 0.2) is 11.5 Å².